The zero-order valence-electron chi connectivity index (χ0n) is 44.0. The van der Waals surface area contributed by atoms with Crippen LogP contribution in [0.1, 0.15) is 198 Å². The summed E-state index contributed by atoms with van der Waals surface area (Å²) in [6, 6.07) is 36.4. The van der Waals surface area contributed by atoms with Gasteiger partial charge in [-0.25, -0.2) is 0 Å². The average molecular weight is 1300 g/mol. The molecule has 0 fully saturated rings. The summed E-state index contributed by atoms with van der Waals surface area (Å²) in [6.45, 7) is 3.70. The van der Waals surface area contributed by atoms with Crippen LogP contribution in [0.5, 0.6) is 5.75 Å². The molecule has 0 atom stereocenters. The van der Waals surface area contributed by atoms with Gasteiger partial charge in [0, 0.05) is 24.1 Å². The van der Waals surface area contributed by atoms with Crippen molar-refractivity contribution in [2.24, 2.45) is 0 Å². The Morgan fingerprint density at radius 1 is 0.333 bits per heavy atom. The molecule has 3 aliphatic rings. The van der Waals surface area contributed by atoms with Crippen LogP contribution in [0, 0.1) is 0 Å². The van der Waals surface area contributed by atoms with Gasteiger partial charge in [0.15, 0.2) is 0 Å². The number of benzene rings is 5. The van der Waals surface area contributed by atoms with Crippen LogP contribution in [0.4, 0.5) is 0 Å². The van der Waals surface area contributed by atoms with Gasteiger partial charge in [0.1, 0.15) is 5.75 Å². The predicted molar refractivity (Wildman–Crippen MR) is 334 cm³/mol. The lowest BCUT2D eigenvalue weighted by Gasteiger charge is -2.19. The highest BCUT2D eigenvalue weighted by molar-refractivity contribution is 9.11. The fourth-order valence-electron chi connectivity index (χ4n) is 9.36. The first-order chi connectivity index (χ1) is 35.3. The van der Waals surface area contributed by atoms with Gasteiger partial charge in [0.25, 0.3) is 0 Å². The van der Waals surface area contributed by atoms with Crippen molar-refractivity contribution in [3.8, 4) is 5.75 Å². The van der Waals surface area contributed by atoms with Crippen LogP contribution in [0.3, 0.4) is 0 Å². The van der Waals surface area contributed by atoms with Crippen LogP contribution in [0.25, 0.3) is 0 Å². The molecular formula is C66H89Br5O. The number of hydrogen-bond donors (Lipinski definition) is 1. The second-order valence-electron chi connectivity index (χ2n) is 20.2. The molecule has 0 bridgehead atoms. The summed E-state index contributed by atoms with van der Waals surface area (Å²) in [6.07, 6.45) is 45.4. The van der Waals surface area contributed by atoms with Gasteiger partial charge in [-0.2, -0.15) is 0 Å². The molecule has 0 saturated heterocycles. The molecule has 0 saturated carbocycles. The van der Waals surface area contributed by atoms with E-state index in [-0.39, 0.29) is 0 Å². The highest BCUT2D eigenvalue weighted by atomic mass is 79.9. The van der Waals surface area contributed by atoms with E-state index in [0.717, 1.165) is 4.47 Å². The molecule has 1 N–H and O–H groups in total. The molecule has 6 heteroatoms. The Kier molecular flexibility index (Phi) is 35.0. The number of aryl methyl sites for hydroxylation is 9. The van der Waals surface area contributed by atoms with Crippen LogP contribution < -0.4 is 0 Å². The minimum absolute atomic E-state index is 0.299. The molecule has 8 rings (SSSR count). The topological polar surface area (TPSA) is 20.2 Å². The van der Waals surface area contributed by atoms with E-state index in [0.29, 0.717) is 5.75 Å². The molecule has 394 valence electrons. The monoisotopic (exact) mass is 1290 g/mol. The summed E-state index contributed by atoms with van der Waals surface area (Å²) in [7, 11) is 0. The van der Waals surface area contributed by atoms with Crippen LogP contribution >= 0.6 is 79.6 Å². The molecule has 0 unspecified atom stereocenters. The number of phenols is 1. The Hall–Kier alpha value is -1.96. The molecule has 5 aromatic rings. The lowest BCUT2D eigenvalue weighted by molar-refractivity contribution is 0.475. The van der Waals surface area contributed by atoms with Crippen LogP contribution in [-0.4, -0.2) is 15.8 Å². The maximum atomic E-state index is 8.74. The van der Waals surface area contributed by atoms with Crippen molar-refractivity contribution in [3.05, 3.63) is 179 Å². The number of hydrogen-bond acceptors (Lipinski definition) is 1. The maximum Gasteiger partial charge on any atom is 0.115 e. The lowest BCUT2D eigenvalue weighted by atomic mass is 9.86. The third-order valence-corrected chi connectivity index (χ3v) is 16.9. The minimum Gasteiger partial charge on any atom is -0.508 e. The summed E-state index contributed by atoms with van der Waals surface area (Å²) in [5.41, 5.74) is 14.0. The molecule has 0 radical (unpaired) electrons. The average Bonchev–Trinajstić information content (AvgIpc) is 3.36. The summed E-state index contributed by atoms with van der Waals surface area (Å²) in [5, 5.41) is 11.1. The first-order valence-corrected chi connectivity index (χ1v) is 32.8. The van der Waals surface area contributed by atoms with Gasteiger partial charge in [-0.1, -0.05) is 243 Å². The summed E-state index contributed by atoms with van der Waals surface area (Å²) >= 11 is 17.1. The van der Waals surface area contributed by atoms with E-state index in [2.05, 4.69) is 165 Å². The van der Waals surface area contributed by atoms with Gasteiger partial charge in [-0.3, -0.25) is 0 Å². The van der Waals surface area contributed by atoms with Gasteiger partial charge < -0.3 is 5.11 Å². The van der Waals surface area contributed by atoms with Gasteiger partial charge >= 0.3 is 0 Å². The fourth-order valence-corrected chi connectivity index (χ4v) is 11.1. The Bertz CT molecular complexity index is 2140. The number of rotatable bonds is 29. The smallest absolute Gasteiger partial charge is 0.115 e. The molecule has 5 aromatic carbocycles. The lowest BCUT2D eigenvalue weighted by Crippen LogP contribution is -2.08. The Labute approximate surface area is 481 Å². The third kappa shape index (κ3) is 28.3. The summed E-state index contributed by atoms with van der Waals surface area (Å²) in [4.78, 5) is 0. The van der Waals surface area contributed by atoms with Crippen LogP contribution in [0.15, 0.2) is 129 Å². The van der Waals surface area contributed by atoms with Crippen molar-refractivity contribution < 1.29 is 5.11 Å². The number of halogens is 5. The van der Waals surface area contributed by atoms with Crippen LogP contribution in [0.2, 0.25) is 0 Å². The molecular weight excluding hydrogens is 1210 g/mol. The van der Waals surface area contributed by atoms with Gasteiger partial charge in [-0.15, -0.1) is 6.58 Å². The van der Waals surface area contributed by atoms with E-state index in [9.17, 15) is 0 Å². The van der Waals surface area contributed by atoms with E-state index in [1.54, 1.807) is 57.6 Å². The molecule has 72 heavy (non-hydrogen) atoms. The number of phenolic OH excluding ortho intramolecular Hbond substituents is 1. The van der Waals surface area contributed by atoms with E-state index in [4.69, 9.17) is 5.11 Å². The predicted octanol–water partition coefficient (Wildman–Crippen LogP) is 22.3. The summed E-state index contributed by atoms with van der Waals surface area (Å²) in [5.74, 6) is 0.299. The Morgan fingerprint density at radius 3 is 0.972 bits per heavy atom. The van der Waals surface area contributed by atoms with Crippen molar-refractivity contribution >= 4 is 79.6 Å². The molecule has 0 heterocycles. The molecule has 1 nitrogen and oxygen atoms in total. The highest BCUT2D eigenvalue weighted by Crippen LogP contribution is 2.27. The third-order valence-electron chi connectivity index (χ3n) is 14.3. The number of aromatic hydroxyl groups is 1. The van der Waals surface area contributed by atoms with Gasteiger partial charge in [-0.05, 0) is 201 Å². The number of allylic oxidation sites excluding steroid dienone is 1. The standard InChI is InChI=1S/C24H31Br.C18H27Br.C10H19Br.C8H7Br.C6H5BrO/c25-24-17-12-20(13-18-24)9-7-5-3-1-2-4-6-8-10-21-11-14-22-15-16-23(22)19-21;19-14-8-6-4-2-1-3-5-7-9-16-10-11-17-12-13-18(17)15-16;1-2-3-4-5-6-7-8-9-10-11;9-8-4-3-6-1-2-7(6)5-8;7-5-1-3-6(8)4-2-5/h11-14,17-19H,1-10,15-16H2;10-11,15H,1-9,12-14H2;2H,1,3-10H2;3-5H,1-2H2;1-4,8H. The highest BCUT2D eigenvalue weighted by Gasteiger charge is 2.14. The fraction of sp³-hybridized carbons (Fsp3) is 0.515. The molecule has 0 amide bonds. The molecule has 3 aliphatic carbocycles. The SMILES string of the molecule is BrCCCCCCCCCCc1ccc2c(c1)CC2.Brc1ccc(CCCCCCCCCCc2ccc3c(c2)CC3)cc1.Brc1ccc2c(c1)CC2.C=CCCCCCCCCBr.Oc1ccc(Br)cc1. The van der Waals surface area contributed by atoms with Gasteiger partial charge in [0.05, 0.1) is 0 Å². The summed E-state index contributed by atoms with van der Waals surface area (Å²) < 4.78 is 3.37. The first kappa shape index (κ1) is 62.6. The number of unbranched alkanes of at least 4 members (excludes halogenated alkanes) is 20. The molecule has 0 aliphatic heterocycles. The second kappa shape index (κ2) is 40.3. The number of fused-ring (bicyclic) bond motifs is 3. The first-order valence-electron chi connectivity index (χ1n) is 28.2. The zero-order valence-corrected chi connectivity index (χ0v) is 51.9. The van der Waals surface area contributed by atoms with Crippen molar-refractivity contribution in [2.75, 3.05) is 10.7 Å². The Balaban J connectivity index is 0.000000210. The largest absolute Gasteiger partial charge is 0.508 e. The van der Waals surface area contributed by atoms with E-state index in [1.807, 2.05) is 6.08 Å². The van der Waals surface area contributed by atoms with Crippen molar-refractivity contribution in [1.82, 2.24) is 0 Å². The van der Waals surface area contributed by atoms with E-state index >= 15 is 0 Å². The normalized spacial score (nSPS) is 12.2. The van der Waals surface area contributed by atoms with Crippen molar-refractivity contribution in [3.63, 3.8) is 0 Å². The van der Waals surface area contributed by atoms with Gasteiger partial charge in [0.2, 0.25) is 0 Å². The molecule has 0 spiro atoms. The van der Waals surface area contributed by atoms with Crippen molar-refractivity contribution in [1.29, 1.82) is 0 Å². The molecule has 0 aromatic heterocycles. The van der Waals surface area contributed by atoms with E-state index < -0.39 is 0 Å². The maximum absolute atomic E-state index is 8.74. The van der Waals surface area contributed by atoms with Crippen molar-refractivity contribution in [2.45, 2.75) is 205 Å². The van der Waals surface area contributed by atoms with E-state index in [1.165, 1.54) is 242 Å². The second-order valence-corrected chi connectivity index (χ2v) is 24.5. The van der Waals surface area contributed by atoms with Crippen LogP contribution in [-0.2, 0) is 57.8 Å². The number of alkyl halides is 2. The minimum atomic E-state index is 0.299. The quantitative estimate of drug-likeness (QED) is 0.0287. The Morgan fingerprint density at radius 2 is 0.639 bits per heavy atom. The zero-order chi connectivity index (χ0) is 51.3.